The van der Waals surface area contributed by atoms with Gasteiger partial charge in [0.15, 0.2) is 11.5 Å². The number of rotatable bonds is 6. The van der Waals surface area contributed by atoms with Gasteiger partial charge < -0.3 is 18.9 Å². The summed E-state index contributed by atoms with van der Waals surface area (Å²) in [7, 11) is 6.29. The molecule has 0 radical (unpaired) electrons. The number of hydrogen-bond donors (Lipinski definition) is 0. The molecule has 1 heterocycles. The van der Waals surface area contributed by atoms with Crippen molar-refractivity contribution < 1.29 is 23.7 Å². The number of hydrogen-bond acceptors (Lipinski definition) is 6. The predicted molar refractivity (Wildman–Crippen MR) is 122 cm³/mol. The molecule has 0 aliphatic rings. The first-order chi connectivity index (χ1) is 14.9. The molecule has 0 aliphatic heterocycles. The maximum absolute atomic E-state index is 12.2. The Bertz CT molecular complexity index is 1030. The van der Waals surface area contributed by atoms with Crippen molar-refractivity contribution in [2.45, 2.75) is 27.7 Å². The van der Waals surface area contributed by atoms with E-state index < -0.39 is 0 Å². The predicted octanol–water partition coefficient (Wildman–Crippen LogP) is 5.25. The molecule has 7 heteroatoms. The van der Waals surface area contributed by atoms with Crippen molar-refractivity contribution in [3.63, 3.8) is 0 Å². The minimum atomic E-state index is -0.188. The van der Waals surface area contributed by atoms with Gasteiger partial charge in [0.05, 0.1) is 39.8 Å². The largest absolute Gasteiger partial charge is 0.496 e. The summed E-state index contributed by atoms with van der Waals surface area (Å²) in [6.07, 6.45) is 0. The van der Waals surface area contributed by atoms with Crippen LogP contribution < -0.4 is 18.9 Å². The van der Waals surface area contributed by atoms with Crippen LogP contribution in [0.2, 0.25) is 0 Å². The number of carbonyl (C=O) groups excluding carboxylic acids is 1. The van der Waals surface area contributed by atoms with Gasteiger partial charge in [0.2, 0.25) is 11.7 Å². The molecule has 3 rings (SSSR count). The molecule has 7 nitrogen and oxygen atoms in total. The third-order valence-electron chi connectivity index (χ3n) is 4.66. The Morgan fingerprint density at radius 1 is 0.806 bits per heavy atom. The van der Waals surface area contributed by atoms with E-state index in [1.54, 1.807) is 40.6 Å². The molecule has 0 saturated carbocycles. The molecule has 0 N–H and O–H groups in total. The average Bonchev–Trinajstić information content (AvgIpc) is 3.25. The van der Waals surface area contributed by atoms with Crippen LogP contribution in [-0.2, 0) is 0 Å². The maximum atomic E-state index is 12.2. The van der Waals surface area contributed by atoms with E-state index in [9.17, 15) is 4.79 Å². The van der Waals surface area contributed by atoms with Crippen molar-refractivity contribution >= 4 is 5.91 Å². The van der Waals surface area contributed by atoms with Gasteiger partial charge in [-0.1, -0.05) is 13.8 Å². The molecule has 0 fully saturated rings. The summed E-state index contributed by atoms with van der Waals surface area (Å²) in [5, 5.41) is 4.52. The highest BCUT2D eigenvalue weighted by molar-refractivity contribution is 5.84. The molecule has 0 atom stereocenters. The van der Waals surface area contributed by atoms with Crippen LogP contribution in [0.5, 0.6) is 23.0 Å². The second-order valence-corrected chi connectivity index (χ2v) is 6.44. The van der Waals surface area contributed by atoms with Gasteiger partial charge in [-0.3, -0.25) is 4.79 Å². The number of carbonyl (C=O) groups is 1. The first kappa shape index (κ1) is 23.8. The van der Waals surface area contributed by atoms with Crippen LogP contribution in [0.1, 0.15) is 31.1 Å². The topological polar surface area (TPSA) is 71.8 Å². The Hall–Kier alpha value is -3.48. The Morgan fingerprint density at radius 2 is 1.39 bits per heavy atom. The van der Waals surface area contributed by atoms with Crippen molar-refractivity contribution in [1.82, 2.24) is 9.78 Å². The standard InChI is InChI=1S/C22H24N2O5.C2H6/c1-13-9-15(7-8-19(13)26-3)18-12-17(23-24(18)14(2)25)16-10-20(27-4)22(29-6)21(11-16)28-5;1-2/h7-12H,1-6H3;1-2H3. The fourth-order valence-corrected chi connectivity index (χ4v) is 3.23. The Balaban J connectivity index is 0.00000166. The van der Waals surface area contributed by atoms with Crippen LogP contribution in [0.15, 0.2) is 36.4 Å². The summed E-state index contributed by atoms with van der Waals surface area (Å²) >= 11 is 0. The summed E-state index contributed by atoms with van der Waals surface area (Å²) in [5.74, 6) is 2.12. The van der Waals surface area contributed by atoms with Gasteiger partial charge in [-0.05, 0) is 48.9 Å². The minimum absolute atomic E-state index is 0.188. The molecule has 31 heavy (non-hydrogen) atoms. The average molecular weight is 427 g/mol. The smallest absolute Gasteiger partial charge is 0.244 e. The number of aryl methyl sites for hydroxylation is 1. The minimum Gasteiger partial charge on any atom is -0.496 e. The highest BCUT2D eigenvalue weighted by Gasteiger charge is 2.19. The molecular weight excluding hydrogens is 396 g/mol. The normalized spacial score (nSPS) is 10.1. The van der Waals surface area contributed by atoms with Crippen LogP contribution in [0.25, 0.3) is 22.5 Å². The van der Waals surface area contributed by atoms with E-state index in [0.717, 1.165) is 22.4 Å². The molecule has 0 aliphatic carbocycles. The van der Waals surface area contributed by atoms with E-state index in [2.05, 4.69) is 5.10 Å². The molecule has 2 aromatic carbocycles. The number of nitrogens with zero attached hydrogens (tertiary/aromatic N) is 2. The van der Waals surface area contributed by atoms with E-state index in [1.807, 2.05) is 45.0 Å². The number of methoxy groups -OCH3 is 4. The van der Waals surface area contributed by atoms with E-state index in [-0.39, 0.29) is 5.91 Å². The summed E-state index contributed by atoms with van der Waals surface area (Å²) < 4.78 is 23.0. The second kappa shape index (κ2) is 10.5. The molecule has 0 bridgehead atoms. The zero-order valence-corrected chi connectivity index (χ0v) is 19.4. The van der Waals surface area contributed by atoms with E-state index in [1.165, 1.54) is 11.6 Å². The quantitative estimate of drug-likeness (QED) is 0.536. The first-order valence-corrected chi connectivity index (χ1v) is 9.99. The van der Waals surface area contributed by atoms with Crippen molar-refractivity contribution in [3.05, 3.63) is 42.0 Å². The van der Waals surface area contributed by atoms with E-state index in [0.29, 0.717) is 28.6 Å². The molecule has 1 aromatic heterocycles. The van der Waals surface area contributed by atoms with Crippen molar-refractivity contribution in [2.24, 2.45) is 0 Å². The molecule has 0 amide bonds. The van der Waals surface area contributed by atoms with Crippen LogP contribution in [0.4, 0.5) is 0 Å². The number of aromatic nitrogens is 2. The summed E-state index contributed by atoms with van der Waals surface area (Å²) in [4.78, 5) is 12.2. The monoisotopic (exact) mass is 426 g/mol. The van der Waals surface area contributed by atoms with Gasteiger partial charge in [-0.15, -0.1) is 0 Å². The SMILES string of the molecule is CC.COc1ccc(-c2cc(-c3cc(OC)c(OC)c(OC)c3)nn2C(C)=O)cc1C. The lowest BCUT2D eigenvalue weighted by Crippen LogP contribution is -2.09. The highest BCUT2D eigenvalue weighted by Crippen LogP contribution is 2.41. The summed E-state index contributed by atoms with van der Waals surface area (Å²) in [5.41, 5.74) is 3.88. The molecular formula is C24H30N2O5. The van der Waals surface area contributed by atoms with Crippen LogP contribution in [-0.4, -0.2) is 44.1 Å². The lowest BCUT2D eigenvalue weighted by molar-refractivity contribution is 0.0923. The Morgan fingerprint density at radius 3 is 1.84 bits per heavy atom. The zero-order valence-electron chi connectivity index (χ0n) is 19.4. The van der Waals surface area contributed by atoms with Gasteiger partial charge in [0, 0.05) is 18.1 Å². The number of ether oxygens (including phenoxy) is 4. The molecule has 0 unspecified atom stereocenters. The van der Waals surface area contributed by atoms with Gasteiger partial charge in [0.25, 0.3) is 0 Å². The van der Waals surface area contributed by atoms with Crippen molar-refractivity contribution in [3.8, 4) is 45.5 Å². The van der Waals surface area contributed by atoms with Gasteiger partial charge >= 0.3 is 0 Å². The summed E-state index contributed by atoms with van der Waals surface area (Å²) in [6, 6.07) is 11.2. The molecule has 3 aromatic rings. The molecule has 0 spiro atoms. The van der Waals surface area contributed by atoms with Crippen LogP contribution in [0, 0.1) is 6.92 Å². The fraction of sp³-hybridized carbons (Fsp3) is 0.333. The van der Waals surface area contributed by atoms with Crippen molar-refractivity contribution in [1.29, 1.82) is 0 Å². The first-order valence-electron chi connectivity index (χ1n) is 9.99. The second-order valence-electron chi connectivity index (χ2n) is 6.44. The third-order valence-corrected chi connectivity index (χ3v) is 4.66. The Kier molecular flexibility index (Phi) is 8.07. The third kappa shape index (κ3) is 4.82. The summed E-state index contributed by atoms with van der Waals surface area (Å²) in [6.45, 7) is 7.43. The Labute approximate surface area is 183 Å². The van der Waals surface area contributed by atoms with Crippen LogP contribution in [0.3, 0.4) is 0 Å². The van der Waals surface area contributed by atoms with Crippen LogP contribution >= 0.6 is 0 Å². The highest BCUT2D eigenvalue weighted by atomic mass is 16.5. The zero-order chi connectivity index (χ0) is 23.1. The van der Waals surface area contributed by atoms with Crippen molar-refractivity contribution in [2.75, 3.05) is 28.4 Å². The lowest BCUT2D eigenvalue weighted by Gasteiger charge is -2.13. The number of benzene rings is 2. The van der Waals surface area contributed by atoms with E-state index >= 15 is 0 Å². The van der Waals surface area contributed by atoms with Gasteiger partial charge in [-0.25, -0.2) is 0 Å². The molecule has 0 saturated heterocycles. The van der Waals surface area contributed by atoms with E-state index in [4.69, 9.17) is 18.9 Å². The van der Waals surface area contributed by atoms with Gasteiger partial charge in [0.1, 0.15) is 5.75 Å². The molecule has 166 valence electrons. The fourth-order valence-electron chi connectivity index (χ4n) is 3.23. The van der Waals surface area contributed by atoms with Gasteiger partial charge in [-0.2, -0.15) is 9.78 Å². The lowest BCUT2D eigenvalue weighted by atomic mass is 10.1. The maximum Gasteiger partial charge on any atom is 0.244 e.